The Morgan fingerprint density at radius 1 is 1.19 bits per heavy atom. The van der Waals surface area contributed by atoms with Crippen LogP contribution >= 0.6 is 0 Å². The fourth-order valence-corrected chi connectivity index (χ4v) is 1.31. The summed E-state index contributed by atoms with van der Waals surface area (Å²) in [4.78, 5) is 13.7. The van der Waals surface area contributed by atoms with E-state index in [1.165, 1.54) is 0 Å². The van der Waals surface area contributed by atoms with Crippen LogP contribution in [0, 0.1) is 0 Å². The highest BCUT2D eigenvalue weighted by molar-refractivity contribution is 5.94. The van der Waals surface area contributed by atoms with Crippen LogP contribution in [-0.2, 0) is 0 Å². The number of hydrogen-bond acceptors (Lipinski definition) is 3. The topological polar surface area (TPSA) is 44.4 Å². The molecule has 0 fully saturated rings. The van der Waals surface area contributed by atoms with E-state index in [0.717, 1.165) is 12.2 Å². The van der Waals surface area contributed by atoms with Crippen molar-refractivity contribution in [2.24, 2.45) is 0 Å². The van der Waals surface area contributed by atoms with Crippen LogP contribution in [0.5, 0.6) is 0 Å². The van der Waals surface area contributed by atoms with Gasteiger partial charge >= 0.3 is 0 Å². The Morgan fingerprint density at radius 3 is 2.31 bits per heavy atom. The first kappa shape index (κ1) is 12.5. The first-order chi connectivity index (χ1) is 7.65. The van der Waals surface area contributed by atoms with E-state index < -0.39 is 0 Å². The molecule has 0 atom stereocenters. The minimum Gasteiger partial charge on any atom is -0.378 e. The van der Waals surface area contributed by atoms with E-state index >= 15 is 0 Å². The number of amides is 1. The average molecular weight is 221 g/mol. The van der Waals surface area contributed by atoms with Gasteiger partial charge in [0.25, 0.3) is 5.91 Å². The molecule has 0 spiro atoms. The van der Waals surface area contributed by atoms with Crippen molar-refractivity contribution in [1.29, 1.82) is 0 Å². The number of carbonyl (C=O) groups excluding carboxylic acids is 1. The molecule has 0 saturated carbocycles. The number of hydrogen-bond donors (Lipinski definition) is 2. The smallest absolute Gasteiger partial charge is 0.251 e. The highest BCUT2D eigenvalue weighted by atomic mass is 16.1. The maximum atomic E-state index is 11.6. The fourth-order valence-electron chi connectivity index (χ4n) is 1.31. The lowest BCUT2D eigenvalue weighted by Crippen LogP contribution is -2.30. The molecule has 4 nitrogen and oxygen atoms in total. The van der Waals surface area contributed by atoms with Gasteiger partial charge in [-0.05, 0) is 31.3 Å². The molecule has 0 aliphatic heterocycles. The molecule has 1 rings (SSSR count). The quantitative estimate of drug-likeness (QED) is 0.719. The summed E-state index contributed by atoms with van der Waals surface area (Å²) in [5.41, 5.74) is 1.79. The Bertz CT molecular complexity index is 333. The number of anilines is 1. The summed E-state index contributed by atoms with van der Waals surface area (Å²) in [5.74, 6) is -0.0273. The minimum absolute atomic E-state index is 0.0273. The Balaban J connectivity index is 2.56. The van der Waals surface area contributed by atoms with Gasteiger partial charge in [0.15, 0.2) is 0 Å². The molecule has 0 aromatic heterocycles. The van der Waals surface area contributed by atoms with Gasteiger partial charge in [-0.1, -0.05) is 0 Å². The molecule has 1 aromatic rings. The predicted octanol–water partition coefficient (Wildman–Crippen LogP) is 0.702. The van der Waals surface area contributed by atoms with Gasteiger partial charge in [-0.2, -0.15) is 0 Å². The van der Waals surface area contributed by atoms with Gasteiger partial charge in [-0.3, -0.25) is 4.79 Å². The lowest BCUT2D eigenvalue weighted by Gasteiger charge is -2.12. The maximum Gasteiger partial charge on any atom is 0.251 e. The molecule has 2 N–H and O–H groups in total. The first-order valence-corrected chi connectivity index (χ1v) is 5.35. The van der Waals surface area contributed by atoms with Gasteiger partial charge in [0.2, 0.25) is 0 Å². The summed E-state index contributed by atoms with van der Waals surface area (Å²) in [5, 5.41) is 5.81. The number of benzene rings is 1. The number of nitrogens with one attached hydrogen (secondary N) is 2. The first-order valence-electron chi connectivity index (χ1n) is 5.35. The Morgan fingerprint density at radius 2 is 1.81 bits per heavy atom. The second kappa shape index (κ2) is 6.12. The zero-order valence-electron chi connectivity index (χ0n) is 10.1. The van der Waals surface area contributed by atoms with Gasteiger partial charge in [0.05, 0.1) is 0 Å². The van der Waals surface area contributed by atoms with Crippen LogP contribution < -0.4 is 15.5 Å². The van der Waals surface area contributed by atoms with E-state index in [0.29, 0.717) is 12.1 Å². The predicted molar refractivity (Wildman–Crippen MR) is 67.0 cm³/mol. The third-order valence-corrected chi connectivity index (χ3v) is 2.31. The molecule has 0 bridgehead atoms. The molecule has 0 heterocycles. The number of nitrogens with zero attached hydrogens (tertiary/aromatic N) is 1. The lowest BCUT2D eigenvalue weighted by atomic mass is 10.2. The van der Waals surface area contributed by atoms with Crippen molar-refractivity contribution in [2.45, 2.75) is 0 Å². The summed E-state index contributed by atoms with van der Waals surface area (Å²) in [6.07, 6.45) is 0. The summed E-state index contributed by atoms with van der Waals surface area (Å²) < 4.78 is 0. The molecule has 1 aromatic carbocycles. The monoisotopic (exact) mass is 221 g/mol. The Labute approximate surface area is 96.6 Å². The van der Waals surface area contributed by atoms with Crippen molar-refractivity contribution >= 4 is 11.6 Å². The molecular formula is C12H19N3O. The molecule has 0 aliphatic rings. The summed E-state index contributed by atoms with van der Waals surface area (Å²) in [6.45, 7) is 1.42. The molecular weight excluding hydrogens is 202 g/mol. The van der Waals surface area contributed by atoms with Gasteiger partial charge in [-0.25, -0.2) is 0 Å². The SMILES string of the molecule is CNCCNC(=O)c1ccc(N(C)C)cc1. The van der Waals surface area contributed by atoms with Crippen LogP contribution in [0.25, 0.3) is 0 Å². The van der Waals surface area contributed by atoms with Crippen LogP contribution in [0.2, 0.25) is 0 Å². The van der Waals surface area contributed by atoms with Gasteiger partial charge < -0.3 is 15.5 Å². The zero-order valence-corrected chi connectivity index (χ0v) is 10.1. The van der Waals surface area contributed by atoms with Crippen molar-refractivity contribution in [3.8, 4) is 0 Å². The summed E-state index contributed by atoms with van der Waals surface area (Å²) in [6, 6.07) is 7.55. The second-order valence-corrected chi connectivity index (χ2v) is 3.80. The van der Waals surface area contributed by atoms with E-state index in [1.807, 2.05) is 50.3 Å². The van der Waals surface area contributed by atoms with Crippen LogP contribution in [0.1, 0.15) is 10.4 Å². The van der Waals surface area contributed by atoms with Crippen molar-refractivity contribution in [3.05, 3.63) is 29.8 Å². The normalized spacial score (nSPS) is 9.94. The van der Waals surface area contributed by atoms with Crippen LogP contribution in [0.4, 0.5) is 5.69 Å². The molecule has 0 aliphatic carbocycles. The van der Waals surface area contributed by atoms with E-state index in [9.17, 15) is 4.79 Å². The molecule has 0 saturated heterocycles. The van der Waals surface area contributed by atoms with Gasteiger partial charge in [-0.15, -0.1) is 0 Å². The molecule has 0 radical (unpaired) electrons. The van der Waals surface area contributed by atoms with Crippen LogP contribution in [0.15, 0.2) is 24.3 Å². The largest absolute Gasteiger partial charge is 0.378 e. The Hall–Kier alpha value is -1.55. The van der Waals surface area contributed by atoms with Crippen LogP contribution in [-0.4, -0.2) is 40.1 Å². The molecule has 1 amide bonds. The number of rotatable bonds is 5. The lowest BCUT2D eigenvalue weighted by molar-refractivity contribution is 0.0954. The fraction of sp³-hybridized carbons (Fsp3) is 0.417. The summed E-state index contributed by atoms with van der Waals surface area (Å²) in [7, 11) is 5.81. The highest BCUT2D eigenvalue weighted by Crippen LogP contribution is 2.11. The van der Waals surface area contributed by atoms with Gasteiger partial charge in [0.1, 0.15) is 0 Å². The van der Waals surface area contributed by atoms with Crippen molar-refractivity contribution in [2.75, 3.05) is 39.1 Å². The second-order valence-electron chi connectivity index (χ2n) is 3.80. The molecule has 4 heteroatoms. The van der Waals surface area contributed by atoms with E-state index in [-0.39, 0.29) is 5.91 Å². The number of carbonyl (C=O) groups is 1. The average Bonchev–Trinajstić information content (AvgIpc) is 2.29. The molecule has 16 heavy (non-hydrogen) atoms. The third-order valence-electron chi connectivity index (χ3n) is 2.31. The zero-order chi connectivity index (χ0) is 12.0. The van der Waals surface area contributed by atoms with E-state index in [2.05, 4.69) is 10.6 Å². The Kier molecular flexibility index (Phi) is 4.79. The van der Waals surface area contributed by atoms with Gasteiger partial charge in [0, 0.05) is 38.4 Å². The summed E-state index contributed by atoms with van der Waals surface area (Å²) >= 11 is 0. The van der Waals surface area contributed by atoms with Crippen molar-refractivity contribution < 1.29 is 4.79 Å². The molecule has 88 valence electrons. The standard InChI is InChI=1S/C12H19N3O/c1-13-8-9-14-12(16)10-4-6-11(7-5-10)15(2)3/h4-7,13H,8-9H2,1-3H3,(H,14,16). The van der Waals surface area contributed by atoms with Crippen molar-refractivity contribution in [3.63, 3.8) is 0 Å². The highest BCUT2D eigenvalue weighted by Gasteiger charge is 2.04. The van der Waals surface area contributed by atoms with E-state index in [4.69, 9.17) is 0 Å². The number of likely N-dealkylation sites (N-methyl/N-ethyl adjacent to an activating group) is 1. The van der Waals surface area contributed by atoms with Crippen molar-refractivity contribution in [1.82, 2.24) is 10.6 Å². The third kappa shape index (κ3) is 3.55. The maximum absolute atomic E-state index is 11.6. The van der Waals surface area contributed by atoms with E-state index in [1.54, 1.807) is 0 Å². The molecule has 0 unspecified atom stereocenters. The van der Waals surface area contributed by atoms with Crippen LogP contribution in [0.3, 0.4) is 0 Å². The minimum atomic E-state index is -0.0273.